The van der Waals surface area contributed by atoms with Gasteiger partial charge in [0.15, 0.2) is 116 Å². The molecule has 5 aromatic carbocycles. The third-order valence-electron chi connectivity index (χ3n) is 14.6. The van der Waals surface area contributed by atoms with Gasteiger partial charge in [0.1, 0.15) is 11.9 Å². The zero-order valence-corrected chi connectivity index (χ0v) is 41.8. The number of aliphatic imine (C=N–C) groups is 3. The molecular formula is C55H9BrF25N5. The van der Waals surface area contributed by atoms with E-state index in [9.17, 15) is 13.2 Å². The van der Waals surface area contributed by atoms with Crippen LogP contribution in [-0.4, -0.2) is 38.0 Å². The maximum atomic E-state index is 16.9. The fourth-order valence-electron chi connectivity index (χ4n) is 10.9. The van der Waals surface area contributed by atoms with E-state index in [1.807, 2.05) is 0 Å². The Morgan fingerprint density at radius 1 is 0.337 bits per heavy atom. The van der Waals surface area contributed by atoms with Crippen molar-refractivity contribution in [2.24, 2.45) is 15.0 Å². The summed E-state index contributed by atoms with van der Waals surface area (Å²) in [5, 5.41) is -2.39. The number of H-pyrrole nitrogens is 1. The van der Waals surface area contributed by atoms with Gasteiger partial charge in [-0.2, -0.15) is 0 Å². The first-order valence-electron chi connectivity index (χ1n) is 23.4. The van der Waals surface area contributed by atoms with Crippen molar-refractivity contribution >= 4 is 61.1 Å². The van der Waals surface area contributed by atoms with Crippen LogP contribution in [0.15, 0.2) is 90.9 Å². The van der Waals surface area contributed by atoms with Crippen LogP contribution < -0.4 is 10.7 Å². The Morgan fingerprint density at radius 3 is 1.06 bits per heavy atom. The van der Waals surface area contributed by atoms with Gasteiger partial charge in [-0.1, -0.05) is 28.1 Å². The molecule has 0 spiro atoms. The Balaban J connectivity index is 1.34. The first kappa shape index (κ1) is 56.0. The quantitative estimate of drug-likeness (QED) is 0.0795. The smallest absolute Gasteiger partial charge is 0.200 e. The normalized spacial score (nSPS) is 18.4. The Hall–Kier alpha value is -9.16. The first-order chi connectivity index (χ1) is 40.6. The van der Waals surface area contributed by atoms with E-state index in [1.54, 1.807) is 0 Å². The largest absolute Gasteiger partial charge is 0.354 e. The summed E-state index contributed by atoms with van der Waals surface area (Å²) in [4.78, 5) is 12.7. The molecule has 1 N–H and O–H groups in total. The van der Waals surface area contributed by atoms with Crippen molar-refractivity contribution in [1.82, 2.24) is 9.88 Å². The van der Waals surface area contributed by atoms with Crippen molar-refractivity contribution in [2.75, 3.05) is 0 Å². The number of rotatable bonds is 5. The highest BCUT2D eigenvalue weighted by Gasteiger charge is 2.59. The molecule has 436 valence electrons. The zero-order chi connectivity index (χ0) is 61.9. The van der Waals surface area contributed by atoms with Crippen LogP contribution in [0.25, 0.3) is 27.9 Å². The maximum absolute atomic E-state index is 16.9. The van der Waals surface area contributed by atoms with Gasteiger partial charge in [0.05, 0.1) is 77.8 Å². The minimum atomic E-state index is -2.95. The molecule has 1 aromatic heterocycles. The van der Waals surface area contributed by atoms with Crippen LogP contribution in [0.5, 0.6) is 0 Å². The van der Waals surface area contributed by atoms with E-state index in [1.165, 1.54) is 0 Å². The molecule has 0 radical (unpaired) electrons. The number of aromatic amines is 1. The molecule has 31 heteroatoms. The summed E-state index contributed by atoms with van der Waals surface area (Å²) in [6.45, 7) is 0. The van der Waals surface area contributed by atoms with E-state index in [0.717, 1.165) is 0 Å². The molecule has 2 atom stereocenters. The molecule has 0 amide bonds. The molecule has 0 saturated carbocycles. The van der Waals surface area contributed by atoms with E-state index in [2.05, 4.69) is 35.9 Å². The molecule has 15 rings (SSSR count). The summed E-state index contributed by atoms with van der Waals surface area (Å²) in [6.07, 6.45) is 2.14. The lowest BCUT2D eigenvalue weighted by Gasteiger charge is -2.55. The number of amidine groups is 1. The Morgan fingerprint density at radius 2 is 0.663 bits per heavy atom. The van der Waals surface area contributed by atoms with Crippen LogP contribution in [0.4, 0.5) is 110 Å². The second kappa shape index (κ2) is 18.7. The van der Waals surface area contributed by atoms with Gasteiger partial charge in [-0.15, -0.1) is 0 Å². The summed E-state index contributed by atoms with van der Waals surface area (Å²) >= 11 is 3.02. The second-order valence-electron chi connectivity index (χ2n) is 18.9. The predicted molar refractivity (Wildman–Crippen MR) is 250 cm³/mol. The van der Waals surface area contributed by atoms with Crippen LogP contribution in [0, 0.1) is 145 Å². The van der Waals surface area contributed by atoms with Gasteiger partial charge >= 0.3 is 0 Å². The van der Waals surface area contributed by atoms with Crippen LogP contribution in [0.2, 0.25) is 0 Å². The number of alkyl halides is 1. The fourth-order valence-corrected chi connectivity index (χ4v) is 11.7. The highest BCUT2D eigenvalue weighted by Crippen LogP contribution is 2.60. The van der Waals surface area contributed by atoms with Gasteiger partial charge in [0.2, 0.25) is 29.1 Å². The van der Waals surface area contributed by atoms with E-state index in [-0.39, 0.29) is 0 Å². The van der Waals surface area contributed by atoms with Gasteiger partial charge in [-0.3, -0.25) is 0 Å². The van der Waals surface area contributed by atoms with Crippen LogP contribution in [0.3, 0.4) is 0 Å². The van der Waals surface area contributed by atoms with E-state index < -0.39 is 279 Å². The maximum Gasteiger partial charge on any atom is 0.200 e. The number of halogens is 26. The zero-order valence-electron chi connectivity index (χ0n) is 40.2. The number of nitrogens with zero attached hydrogens (tertiary/aromatic N) is 4. The number of hydrogen-bond acceptors (Lipinski definition) is 4. The predicted octanol–water partition coefficient (Wildman–Crippen LogP) is 13.6. The third kappa shape index (κ3) is 6.98. The average molecular weight is 1290 g/mol. The average Bonchev–Trinajstić information content (AvgIpc) is 1.03. The molecule has 7 aliphatic heterocycles. The molecule has 2 aliphatic carbocycles. The van der Waals surface area contributed by atoms with Crippen LogP contribution in [-0.2, 0) is 0 Å². The number of aromatic nitrogens is 1. The standard InChI is InChI=1S/C55H9BrF25N5/c56-24-7-1-2-8(24)14(19-27(59)37(69)46(78)38(70)28(19)60)51-53-23-50(13(7)18-25(57)35(67)45(77)36(68)26(18)58)85-55-17(22-33(65)43(75)49(81)44(76)34(22)66)12-6-4-10(83-12)15(20-29(61)39(71)47(79)40(72)30(20)62)9-3-5-11(82-9)16(52(84-51)54(23)86(53)55)21-31(63)41(73)48(80)42(74)32(21)64/h1-6,24,54,83H. The summed E-state index contributed by atoms with van der Waals surface area (Å²) in [7, 11) is 0. The lowest BCUT2D eigenvalue weighted by molar-refractivity contribution is 0.373. The summed E-state index contributed by atoms with van der Waals surface area (Å²) in [5.41, 5.74) is -29.9. The molecule has 1 saturated heterocycles. The summed E-state index contributed by atoms with van der Waals surface area (Å²) < 4.78 is 398. The van der Waals surface area contributed by atoms with E-state index >= 15 is 96.6 Å². The first-order valence-corrected chi connectivity index (χ1v) is 24.3. The van der Waals surface area contributed by atoms with Gasteiger partial charge in [0, 0.05) is 33.2 Å². The summed E-state index contributed by atoms with van der Waals surface area (Å²) in [6, 6.07) is -1.70. The molecule has 5 nitrogen and oxygen atoms in total. The second-order valence-corrected chi connectivity index (χ2v) is 19.8. The number of nitrogens with one attached hydrogen (secondary N) is 1. The Kier molecular flexibility index (Phi) is 12.2. The SMILES string of the molecule is Fc1c(F)c(F)c(C2=C3C=CC(=N3)C(c3c(F)c(F)c(F)c(F)c3F)=c3ccc([nH]3)=C(c3c(F)c(F)c(F)c(F)c3F)C3=NC4=C5C6=C(N=C2C5N36)C(c2c(F)c(F)c(F)c(F)c2F)=C2C=CC(=C4c3c(F)c(F)c(F)c(F)c3F)C2Br)c(F)c1F. The Labute approximate surface area is 465 Å². The highest BCUT2D eigenvalue weighted by molar-refractivity contribution is 9.09. The topological polar surface area (TPSA) is 56.1 Å². The van der Waals surface area contributed by atoms with Crippen molar-refractivity contribution in [3.8, 4) is 0 Å². The van der Waals surface area contributed by atoms with Crippen molar-refractivity contribution in [3.05, 3.63) is 260 Å². The molecule has 14 bridgehead atoms. The number of fused-ring (bicyclic) bond motifs is 5. The van der Waals surface area contributed by atoms with Gasteiger partial charge in [0.25, 0.3) is 0 Å². The third-order valence-corrected chi connectivity index (χ3v) is 15.6. The van der Waals surface area contributed by atoms with Gasteiger partial charge in [-0.05, 0) is 35.4 Å². The monoisotopic (exact) mass is 1290 g/mol. The van der Waals surface area contributed by atoms with Crippen LogP contribution >= 0.6 is 15.9 Å². The van der Waals surface area contributed by atoms with Crippen LogP contribution in [0.1, 0.15) is 27.8 Å². The number of hydrogen-bond donors (Lipinski definition) is 1. The van der Waals surface area contributed by atoms with E-state index in [0.29, 0.717) is 41.3 Å². The molecule has 6 aromatic rings. The Bertz CT molecular complexity index is 4750. The molecule has 86 heavy (non-hydrogen) atoms. The highest BCUT2D eigenvalue weighted by atomic mass is 79.9. The molecule has 8 heterocycles. The van der Waals surface area contributed by atoms with Gasteiger partial charge in [-0.25, -0.2) is 125 Å². The molecule has 2 unspecified atom stereocenters. The lowest BCUT2D eigenvalue weighted by Crippen LogP contribution is -2.61. The van der Waals surface area contributed by atoms with Crippen molar-refractivity contribution < 1.29 is 110 Å². The number of benzene rings is 5. The fraction of sp³-hybridized carbons (Fsp3) is 0.0364. The molecular weight excluding hydrogens is 1290 g/mol. The van der Waals surface area contributed by atoms with Crippen molar-refractivity contribution in [2.45, 2.75) is 10.9 Å². The minimum absolute atomic E-state index is 0.312. The lowest BCUT2D eigenvalue weighted by atomic mass is 9.73. The van der Waals surface area contributed by atoms with E-state index in [4.69, 9.17) is 0 Å². The number of allylic oxidation sites excluding steroid dienone is 8. The van der Waals surface area contributed by atoms with Crippen molar-refractivity contribution in [3.63, 3.8) is 0 Å². The molecule has 1 fully saturated rings. The summed E-state index contributed by atoms with van der Waals surface area (Å²) in [5.74, 6) is -72.7. The van der Waals surface area contributed by atoms with Crippen molar-refractivity contribution in [1.29, 1.82) is 0 Å². The van der Waals surface area contributed by atoms with Gasteiger partial charge < -0.3 is 9.88 Å². The molecule has 9 aliphatic rings. The minimum Gasteiger partial charge on any atom is -0.354 e.